The van der Waals surface area contributed by atoms with E-state index < -0.39 is 0 Å². The molecular weight excluding hydrogens is 192 g/mol. The second-order valence-electron chi connectivity index (χ2n) is 2.02. The quantitative estimate of drug-likeness (QED) is 0.572. The van der Waals surface area contributed by atoms with Crippen molar-refractivity contribution in [3.05, 3.63) is 33.2 Å². The van der Waals surface area contributed by atoms with Gasteiger partial charge < -0.3 is 0 Å². The average Bonchev–Trinajstić information content (AvgIpc) is 2.36. The van der Waals surface area contributed by atoms with Crippen LogP contribution < -0.4 is 16.0 Å². The van der Waals surface area contributed by atoms with Gasteiger partial charge in [-0.2, -0.15) is 10.5 Å². The minimum atomic E-state index is 0.939. The Labute approximate surface area is 66.4 Å². The van der Waals surface area contributed by atoms with Crippen LogP contribution >= 0.6 is 15.9 Å². The second kappa shape index (κ2) is 2.09. The summed E-state index contributed by atoms with van der Waals surface area (Å²) >= 11 is 3.40. The van der Waals surface area contributed by atoms with Gasteiger partial charge in [0.1, 0.15) is 0 Å². The van der Waals surface area contributed by atoms with Crippen molar-refractivity contribution in [2.24, 2.45) is 5.10 Å². The van der Waals surface area contributed by atoms with Crippen molar-refractivity contribution >= 4 is 22.1 Å². The molecule has 1 aromatic rings. The highest BCUT2D eigenvalue weighted by Crippen LogP contribution is 1.98. The lowest BCUT2D eigenvalue weighted by atomic mass is 10.3. The van der Waals surface area contributed by atoms with E-state index in [0.717, 1.165) is 15.0 Å². The zero-order valence-corrected chi connectivity index (χ0v) is 6.67. The van der Waals surface area contributed by atoms with E-state index in [-0.39, 0.29) is 0 Å². The predicted molar refractivity (Wildman–Crippen MR) is 41.5 cm³/mol. The lowest BCUT2D eigenvalue weighted by Crippen LogP contribution is -2.21. The van der Waals surface area contributed by atoms with E-state index in [1.807, 2.05) is 18.2 Å². The van der Waals surface area contributed by atoms with Gasteiger partial charge in [0.15, 0.2) is 0 Å². The normalized spacial score (nSPS) is 12.9. The molecule has 0 aliphatic carbocycles. The van der Waals surface area contributed by atoms with Gasteiger partial charge in [0.25, 0.3) is 0 Å². The monoisotopic (exact) mass is 195 g/mol. The molecule has 0 unspecified atom stereocenters. The second-order valence-corrected chi connectivity index (χ2v) is 2.87. The molecule has 1 radical (unpaired) electrons. The zero-order valence-electron chi connectivity index (χ0n) is 5.08. The van der Waals surface area contributed by atoms with Crippen LogP contribution in [0.25, 0.3) is 6.20 Å². The molecule has 49 valence electrons. The minimum absolute atomic E-state index is 0.939. The van der Waals surface area contributed by atoms with Crippen LogP contribution in [-0.4, -0.2) is 0 Å². The first kappa shape index (κ1) is 5.92. The largest absolute Gasteiger partial charge is 0.158 e. The highest BCUT2D eigenvalue weighted by molar-refractivity contribution is 9.10. The van der Waals surface area contributed by atoms with Crippen LogP contribution in [0.5, 0.6) is 0 Å². The summed E-state index contributed by atoms with van der Waals surface area (Å²) in [5, 5.41) is 5.91. The van der Waals surface area contributed by atoms with Gasteiger partial charge in [-0.25, -0.2) is 0 Å². The van der Waals surface area contributed by atoms with Crippen LogP contribution in [0.4, 0.5) is 0 Å². The van der Waals surface area contributed by atoms with Crippen molar-refractivity contribution in [1.29, 1.82) is 0 Å². The number of hydrogen-bond acceptors (Lipinski definition) is 1. The smallest absolute Gasteiger partial charge is 0.0956 e. The first-order valence-corrected chi connectivity index (χ1v) is 3.70. The van der Waals surface area contributed by atoms with Gasteiger partial charge in [0.05, 0.1) is 11.6 Å². The molecule has 1 aromatic carbocycles. The molecule has 0 aromatic heterocycles. The molecule has 0 spiro atoms. The first-order valence-electron chi connectivity index (χ1n) is 2.90. The fraction of sp³-hybridized carbons (Fsp3) is 0. The van der Waals surface area contributed by atoms with Gasteiger partial charge >= 0.3 is 0 Å². The fourth-order valence-corrected chi connectivity index (χ4v) is 1.35. The first-order chi connectivity index (χ1) is 4.88. The number of benzene rings is 1. The Kier molecular flexibility index (Phi) is 1.24. The fourth-order valence-electron chi connectivity index (χ4n) is 0.889. The van der Waals surface area contributed by atoms with E-state index in [1.54, 1.807) is 6.20 Å². The summed E-state index contributed by atoms with van der Waals surface area (Å²) in [6, 6.07) is 5.86. The maximum Gasteiger partial charge on any atom is 0.0956 e. The molecule has 0 atom stereocenters. The van der Waals surface area contributed by atoms with Crippen LogP contribution in [0, 0.1) is 0 Å². The van der Waals surface area contributed by atoms with Crippen LogP contribution in [0.3, 0.4) is 0 Å². The lowest BCUT2D eigenvalue weighted by Gasteiger charge is -1.84. The molecule has 0 fully saturated rings. The molecule has 0 saturated carbocycles. The zero-order chi connectivity index (χ0) is 6.97. The van der Waals surface area contributed by atoms with Gasteiger partial charge in [-0.15, -0.1) is 0 Å². The lowest BCUT2D eigenvalue weighted by molar-refractivity contribution is 0.980. The van der Waals surface area contributed by atoms with Crippen LogP contribution in [0.15, 0.2) is 27.8 Å². The molecule has 10 heavy (non-hydrogen) atoms. The minimum Gasteiger partial charge on any atom is -0.158 e. The van der Waals surface area contributed by atoms with Gasteiger partial charge in [0, 0.05) is 9.69 Å². The van der Waals surface area contributed by atoms with Crippen molar-refractivity contribution in [3.63, 3.8) is 0 Å². The average molecular weight is 196 g/mol. The summed E-state index contributed by atoms with van der Waals surface area (Å²) < 4.78 is 1.05. The Morgan fingerprint density at radius 1 is 1.30 bits per heavy atom. The number of fused-ring (bicyclic) bond motifs is 1. The van der Waals surface area contributed by atoms with Gasteiger partial charge in [0.2, 0.25) is 0 Å². The summed E-state index contributed by atoms with van der Waals surface area (Å²) in [7, 11) is 0. The Balaban J connectivity index is 2.97. The molecule has 3 heteroatoms. The summed E-state index contributed by atoms with van der Waals surface area (Å²) in [5.41, 5.74) is 3.78. The summed E-state index contributed by atoms with van der Waals surface area (Å²) in [6.07, 6.45) is 1.75. The number of rotatable bonds is 0. The number of nitrogens with zero attached hydrogens (tertiary/aromatic N) is 2. The van der Waals surface area contributed by atoms with Crippen LogP contribution in [0.1, 0.15) is 0 Å². The van der Waals surface area contributed by atoms with Crippen molar-refractivity contribution < 1.29 is 0 Å². The van der Waals surface area contributed by atoms with E-state index >= 15 is 0 Å². The van der Waals surface area contributed by atoms with Gasteiger partial charge in [-0.1, -0.05) is 22.0 Å². The maximum absolute atomic E-state index is 3.90. The Morgan fingerprint density at radius 2 is 2.20 bits per heavy atom. The third-order valence-electron chi connectivity index (χ3n) is 1.38. The van der Waals surface area contributed by atoms with E-state index in [4.69, 9.17) is 0 Å². The highest BCUT2D eigenvalue weighted by atomic mass is 79.9. The molecule has 1 aliphatic heterocycles. The third-order valence-corrected chi connectivity index (χ3v) is 2.07. The maximum atomic E-state index is 3.90. The molecule has 0 N–H and O–H groups in total. The molecular formula is C7H4BrN2. The third kappa shape index (κ3) is 0.743. The van der Waals surface area contributed by atoms with E-state index in [2.05, 4.69) is 26.5 Å². The Morgan fingerprint density at radius 3 is 3.00 bits per heavy atom. The van der Waals surface area contributed by atoms with Crippen molar-refractivity contribution in [1.82, 2.24) is 5.43 Å². The molecule has 2 rings (SSSR count). The van der Waals surface area contributed by atoms with Crippen molar-refractivity contribution in [2.75, 3.05) is 0 Å². The van der Waals surface area contributed by atoms with E-state index in [9.17, 15) is 0 Å². The molecule has 1 heterocycles. The summed E-state index contributed by atoms with van der Waals surface area (Å²) in [4.78, 5) is 0. The molecule has 2 nitrogen and oxygen atoms in total. The predicted octanol–water partition coefficient (Wildman–Crippen LogP) is 0.340. The summed E-state index contributed by atoms with van der Waals surface area (Å²) in [5.74, 6) is 0. The standard InChI is InChI=1S/C7H4BrN2/c8-6-2-1-3-7-5(6)4-9-10-7/h1-4H. The molecule has 0 amide bonds. The van der Waals surface area contributed by atoms with Crippen molar-refractivity contribution in [2.45, 2.75) is 0 Å². The van der Waals surface area contributed by atoms with Crippen LogP contribution in [0.2, 0.25) is 0 Å². The Hall–Kier alpha value is -0.830. The molecule has 0 bridgehead atoms. The SMILES string of the molecule is Brc1cccc2c1=C[N]N=2. The summed E-state index contributed by atoms with van der Waals surface area (Å²) in [6.45, 7) is 0. The topological polar surface area (TPSA) is 26.5 Å². The number of halogens is 1. The van der Waals surface area contributed by atoms with Crippen LogP contribution in [-0.2, 0) is 0 Å². The molecule has 0 saturated heterocycles. The van der Waals surface area contributed by atoms with Gasteiger partial charge in [-0.3, -0.25) is 0 Å². The highest BCUT2D eigenvalue weighted by Gasteiger charge is 1.97. The Bertz CT molecular complexity index is 370. The van der Waals surface area contributed by atoms with Crippen molar-refractivity contribution in [3.8, 4) is 0 Å². The van der Waals surface area contributed by atoms with Gasteiger partial charge in [-0.05, 0) is 12.1 Å². The van der Waals surface area contributed by atoms with E-state index in [0.29, 0.717) is 0 Å². The molecule has 1 aliphatic rings. The number of hydrogen-bond donors (Lipinski definition) is 0. The van der Waals surface area contributed by atoms with E-state index in [1.165, 1.54) is 0 Å².